The van der Waals surface area contributed by atoms with Crippen LogP contribution in [0, 0.1) is 0 Å². The lowest BCUT2D eigenvalue weighted by Gasteiger charge is -2.13. The largest absolute Gasteiger partial charge is 0.496 e. The molecule has 2 aliphatic heterocycles. The van der Waals surface area contributed by atoms with Gasteiger partial charge in [-0.25, -0.2) is 14.8 Å². The number of pyridine rings is 1. The Morgan fingerprint density at radius 3 is 2.95 bits per heavy atom. The van der Waals surface area contributed by atoms with Gasteiger partial charge in [-0.15, -0.1) is 0 Å². The number of hydrogen-bond acceptors (Lipinski definition) is 4. The number of aromatic nitrogens is 3. The summed E-state index contributed by atoms with van der Waals surface area (Å²) in [5.74, 6) is 0.345. The Hall–Kier alpha value is -2.89. The van der Waals surface area contributed by atoms with E-state index >= 15 is 0 Å². The lowest BCUT2D eigenvalue weighted by atomic mass is 10.1. The number of nitrogens with zero attached hydrogens (tertiary/aromatic N) is 3. The average Bonchev–Trinajstić information content (AvgIpc) is 2.97. The lowest BCUT2D eigenvalue weighted by Crippen LogP contribution is -2.07. The molecule has 0 radical (unpaired) electrons. The van der Waals surface area contributed by atoms with E-state index in [0.29, 0.717) is 12.3 Å². The monoisotopic (exact) mass is 283 g/mol. The standard InChI is InChI=1S/C15H13N3O3/c1-21-13-7-10(15(19)20)4-5-11(13)8-18-6-2-3-12-14(18)17-9-16-12/h2-7,9H,8H2,1H3,(H,19,20). The third-order valence-corrected chi connectivity index (χ3v) is 3.27. The smallest absolute Gasteiger partial charge is 0.335 e. The van der Waals surface area contributed by atoms with Crippen LogP contribution in [0.15, 0.2) is 42.9 Å². The van der Waals surface area contributed by atoms with Crippen molar-refractivity contribution < 1.29 is 14.6 Å². The second-order valence-corrected chi connectivity index (χ2v) is 4.55. The number of fused-ring (bicyclic) bond motifs is 1. The number of ether oxygens (including phenoxy) is 1. The second-order valence-electron chi connectivity index (χ2n) is 4.55. The van der Waals surface area contributed by atoms with Crippen LogP contribution in [0.5, 0.6) is 5.75 Å². The summed E-state index contributed by atoms with van der Waals surface area (Å²) >= 11 is 0. The first-order chi connectivity index (χ1) is 10.2. The van der Waals surface area contributed by atoms with Gasteiger partial charge >= 0.3 is 5.97 Å². The highest BCUT2D eigenvalue weighted by molar-refractivity contribution is 5.88. The Kier molecular flexibility index (Phi) is 3.27. The van der Waals surface area contributed by atoms with Crippen molar-refractivity contribution in [1.82, 2.24) is 14.5 Å². The van der Waals surface area contributed by atoms with Crippen LogP contribution < -0.4 is 4.74 Å². The van der Waals surface area contributed by atoms with Gasteiger partial charge in [0.05, 0.1) is 19.2 Å². The summed E-state index contributed by atoms with van der Waals surface area (Å²) in [6.07, 6.45) is 3.42. The van der Waals surface area contributed by atoms with Crippen molar-refractivity contribution in [2.24, 2.45) is 0 Å². The molecule has 1 aromatic carbocycles. The average molecular weight is 283 g/mol. The second kappa shape index (κ2) is 5.24. The third kappa shape index (κ3) is 2.43. The molecule has 106 valence electrons. The predicted molar refractivity (Wildman–Crippen MR) is 75.7 cm³/mol. The van der Waals surface area contributed by atoms with Gasteiger partial charge in [0.2, 0.25) is 0 Å². The molecule has 0 unspecified atom stereocenters. The van der Waals surface area contributed by atoms with E-state index in [2.05, 4.69) is 9.97 Å². The van der Waals surface area contributed by atoms with Gasteiger partial charge in [0.1, 0.15) is 17.8 Å². The fraction of sp³-hybridized carbons (Fsp3) is 0.133. The zero-order valence-corrected chi connectivity index (χ0v) is 11.4. The van der Waals surface area contributed by atoms with Crippen LogP contribution in [0.3, 0.4) is 0 Å². The molecule has 0 amide bonds. The number of carboxylic acid groups (broad SMARTS) is 1. The molecule has 0 bridgehead atoms. The molecule has 0 saturated carbocycles. The summed E-state index contributed by atoms with van der Waals surface area (Å²) in [4.78, 5) is 19.4. The van der Waals surface area contributed by atoms with Gasteiger partial charge in [-0.3, -0.25) is 0 Å². The Morgan fingerprint density at radius 1 is 1.33 bits per heavy atom. The number of rotatable bonds is 4. The van der Waals surface area contributed by atoms with Crippen LogP contribution in [0.1, 0.15) is 15.9 Å². The van der Waals surface area contributed by atoms with Crippen LogP contribution in [-0.4, -0.2) is 32.7 Å². The number of hydrogen-bond donors (Lipinski definition) is 1. The first-order valence-corrected chi connectivity index (χ1v) is 6.35. The normalized spacial score (nSPS) is 10.7. The Morgan fingerprint density at radius 2 is 2.19 bits per heavy atom. The minimum Gasteiger partial charge on any atom is -0.496 e. The van der Waals surface area contributed by atoms with E-state index in [1.54, 1.807) is 12.1 Å². The molecule has 1 aromatic rings. The number of aromatic carboxylic acids is 1. The molecule has 6 heteroatoms. The van der Waals surface area contributed by atoms with Crippen LogP contribution >= 0.6 is 0 Å². The molecule has 2 aliphatic rings. The van der Waals surface area contributed by atoms with Crippen molar-refractivity contribution in [2.75, 3.05) is 7.11 Å². The summed E-state index contributed by atoms with van der Waals surface area (Å²) in [7, 11) is 1.53. The van der Waals surface area contributed by atoms with Gasteiger partial charge in [-0.2, -0.15) is 0 Å². The molecule has 0 fully saturated rings. The third-order valence-electron chi connectivity index (χ3n) is 3.27. The van der Waals surface area contributed by atoms with E-state index in [9.17, 15) is 4.79 Å². The van der Waals surface area contributed by atoms with E-state index < -0.39 is 5.97 Å². The van der Waals surface area contributed by atoms with Crippen LogP contribution in [0.2, 0.25) is 0 Å². The Bertz CT molecular complexity index is 767. The van der Waals surface area contributed by atoms with Crippen LogP contribution in [-0.2, 0) is 6.54 Å². The highest BCUT2D eigenvalue weighted by atomic mass is 16.5. The SMILES string of the molecule is COc1cc(C(=O)O)ccc1Cn1cccc2ncnc1-2. The van der Waals surface area contributed by atoms with Gasteiger partial charge in [0.15, 0.2) is 5.82 Å². The molecule has 1 N–H and O–H groups in total. The predicted octanol–water partition coefficient (Wildman–Crippen LogP) is 2.14. The number of imidazole rings is 1. The highest BCUT2D eigenvalue weighted by Gasteiger charge is 2.13. The highest BCUT2D eigenvalue weighted by Crippen LogP contribution is 2.24. The molecule has 0 spiro atoms. The Balaban J connectivity index is 1.98. The lowest BCUT2D eigenvalue weighted by molar-refractivity contribution is 0.0696. The topological polar surface area (TPSA) is 77.2 Å². The first-order valence-electron chi connectivity index (χ1n) is 6.35. The van der Waals surface area contributed by atoms with Crippen molar-refractivity contribution in [2.45, 2.75) is 6.54 Å². The van der Waals surface area contributed by atoms with Gasteiger partial charge in [-0.05, 0) is 24.3 Å². The van der Waals surface area contributed by atoms with Gasteiger partial charge in [0.25, 0.3) is 0 Å². The van der Waals surface area contributed by atoms with Crippen molar-refractivity contribution >= 4 is 5.97 Å². The van der Waals surface area contributed by atoms with Gasteiger partial charge in [0, 0.05) is 11.8 Å². The van der Waals surface area contributed by atoms with Crippen molar-refractivity contribution in [3.8, 4) is 17.3 Å². The van der Waals surface area contributed by atoms with E-state index in [1.165, 1.54) is 19.5 Å². The zero-order chi connectivity index (χ0) is 14.8. The molecule has 21 heavy (non-hydrogen) atoms. The first kappa shape index (κ1) is 13.1. The zero-order valence-electron chi connectivity index (χ0n) is 11.4. The maximum absolute atomic E-state index is 11.0. The number of carbonyl (C=O) groups is 1. The maximum atomic E-state index is 11.0. The molecule has 0 saturated heterocycles. The molecule has 2 heterocycles. The van der Waals surface area contributed by atoms with E-state index in [-0.39, 0.29) is 5.56 Å². The molecule has 0 aromatic heterocycles. The fourth-order valence-corrected chi connectivity index (χ4v) is 2.24. The van der Waals surface area contributed by atoms with E-state index in [1.807, 2.05) is 22.9 Å². The van der Waals surface area contributed by atoms with E-state index in [0.717, 1.165) is 17.1 Å². The molecular formula is C15H13N3O3. The summed E-state index contributed by atoms with van der Waals surface area (Å²) < 4.78 is 7.23. The van der Waals surface area contributed by atoms with Gasteiger partial charge in [-0.1, -0.05) is 6.07 Å². The molecule has 0 aliphatic carbocycles. The number of benzene rings is 1. The summed E-state index contributed by atoms with van der Waals surface area (Å²) in [5, 5.41) is 9.02. The van der Waals surface area contributed by atoms with E-state index in [4.69, 9.17) is 9.84 Å². The minimum absolute atomic E-state index is 0.201. The molecule has 0 atom stereocenters. The maximum Gasteiger partial charge on any atom is 0.335 e. The fourth-order valence-electron chi connectivity index (χ4n) is 2.24. The van der Waals surface area contributed by atoms with Crippen molar-refractivity contribution in [1.29, 1.82) is 0 Å². The van der Waals surface area contributed by atoms with Crippen LogP contribution in [0.25, 0.3) is 11.5 Å². The molecule has 6 nitrogen and oxygen atoms in total. The summed E-state index contributed by atoms with van der Waals surface area (Å²) in [5.41, 5.74) is 1.90. The Labute approximate surface area is 121 Å². The number of carboxylic acids is 1. The minimum atomic E-state index is -0.975. The van der Waals surface area contributed by atoms with Crippen LogP contribution in [0.4, 0.5) is 0 Å². The number of methoxy groups -OCH3 is 1. The summed E-state index contributed by atoms with van der Waals surface area (Å²) in [6, 6.07) is 8.63. The summed E-state index contributed by atoms with van der Waals surface area (Å²) in [6.45, 7) is 0.527. The molecule has 3 rings (SSSR count). The quantitative estimate of drug-likeness (QED) is 0.793. The molecular weight excluding hydrogens is 270 g/mol. The van der Waals surface area contributed by atoms with Crippen molar-refractivity contribution in [3.63, 3.8) is 0 Å². The van der Waals surface area contributed by atoms with Crippen molar-refractivity contribution in [3.05, 3.63) is 54.0 Å². The van der Waals surface area contributed by atoms with Gasteiger partial charge < -0.3 is 14.4 Å².